The first-order valence-electron chi connectivity index (χ1n) is 9.18. The van der Waals surface area contributed by atoms with E-state index in [-0.39, 0.29) is 23.6 Å². The van der Waals surface area contributed by atoms with Crippen molar-refractivity contribution < 1.29 is 9.63 Å². The molecule has 0 unspecified atom stereocenters. The number of carbonyl (C=O) groups excluding carboxylic acids is 1. The number of amides is 1. The summed E-state index contributed by atoms with van der Waals surface area (Å²) in [6, 6.07) is 9.45. The quantitative estimate of drug-likeness (QED) is 0.543. The third kappa shape index (κ3) is 4.78. The predicted molar refractivity (Wildman–Crippen MR) is 117 cm³/mol. The van der Waals surface area contributed by atoms with Crippen molar-refractivity contribution in [3.63, 3.8) is 0 Å². The normalized spacial score (nSPS) is 16.8. The monoisotopic (exact) mass is 430 g/mol. The first-order valence-corrected chi connectivity index (χ1v) is 10.4. The number of nitrogens with one attached hydrogen (secondary N) is 2. The molecule has 2 heterocycles. The summed E-state index contributed by atoms with van der Waals surface area (Å²) < 4.78 is 0. The van der Waals surface area contributed by atoms with Crippen molar-refractivity contribution in [1.29, 1.82) is 5.26 Å². The number of oxime groups is 1. The van der Waals surface area contributed by atoms with Crippen molar-refractivity contribution in [3.8, 4) is 6.07 Å². The number of anilines is 1. The van der Waals surface area contributed by atoms with Crippen molar-refractivity contribution in [2.75, 3.05) is 11.9 Å². The van der Waals surface area contributed by atoms with E-state index in [0.717, 1.165) is 16.9 Å². The van der Waals surface area contributed by atoms with Crippen LogP contribution in [0.5, 0.6) is 0 Å². The molecule has 0 saturated heterocycles. The Balaban J connectivity index is 1.69. The minimum Gasteiger partial charge on any atom is -0.386 e. The Hall–Kier alpha value is -2.40. The summed E-state index contributed by atoms with van der Waals surface area (Å²) in [5, 5.41) is 21.0. The number of nitriles is 1. The third-order valence-electron chi connectivity index (χ3n) is 4.58. The molecule has 3 rings (SSSR count). The van der Waals surface area contributed by atoms with Crippen LogP contribution in [0.4, 0.5) is 5.00 Å². The highest BCUT2D eigenvalue weighted by atomic mass is 35.5. The van der Waals surface area contributed by atoms with Crippen molar-refractivity contribution in [2.24, 2.45) is 5.16 Å². The zero-order valence-corrected chi connectivity index (χ0v) is 18.4. The van der Waals surface area contributed by atoms with E-state index in [4.69, 9.17) is 16.4 Å². The van der Waals surface area contributed by atoms with Gasteiger partial charge in [0.05, 0.1) is 11.8 Å². The number of nitrogens with zero attached hydrogens (tertiary/aromatic N) is 2. The number of thiophene rings is 1. The summed E-state index contributed by atoms with van der Waals surface area (Å²) >= 11 is 7.47. The Labute approximate surface area is 179 Å². The SMILES string of the molecule is CC1(C)Cc2c(sc(NC(=O)CO/N=C/c3ccccc3Cl)c2C#N)C(C)(C)N1. The molecule has 6 nitrogen and oxygen atoms in total. The molecule has 152 valence electrons. The highest BCUT2D eigenvalue weighted by molar-refractivity contribution is 7.17. The molecule has 8 heteroatoms. The Morgan fingerprint density at radius 1 is 1.41 bits per heavy atom. The van der Waals surface area contributed by atoms with Crippen LogP contribution in [0.15, 0.2) is 29.4 Å². The maximum Gasteiger partial charge on any atom is 0.265 e. The second-order valence-electron chi connectivity index (χ2n) is 8.11. The molecule has 0 fully saturated rings. The summed E-state index contributed by atoms with van der Waals surface area (Å²) in [5.41, 5.74) is 1.80. The lowest BCUT2D eigenvalue weighted by Crippen LogP contribution is -2.54. The fraction of sp³-hybridized carbons (Fsp3) is 0.381. The fourth-order valence-electron chi connectivity index (χ4n) is 3.67. The van der Waals surface area contributed by atoms with Gasteiger partial charge in [-0.25, -0.2) is 0 Å². The van der Waals surface area contributed by atoms with Crippen LogP contribution in [0.25, 0.3) is 0 Å². The van der Waals surface area contributed by atoms with Gasteiger partial charge in [-0.2, -0.15) is 5.26 Å². The van der Waals surface area contributed by atoms with Crippen molar-refractivity contribution in [3.05, 3.63) is 50.9 Å². The first-order chi connectivity index (χ1) is 13.6. The molecule has 2 N–H and O–H groups in total. The summed E-state index contributed by atoms with van der Waals surface area (Å²) in [5.74, 6) is -0.374. The second-order valence-corrected chi connectivity index (χ2v) is 9.54. The van der Waals surface area contributed by atoms with Gasteiger partial charge in [-0.3, -0.25) is 4.79 Å². The smallest absolute Gasteiger partial charge is 0.265 e. The highest BCUT2D eigenvalue weighted by Crippen LogP contribution is 2.44. The van der Waals surface area contributed by atoms with Gasteiger partial charge >= 0.3 is 0 Å². The van der Waals surface area contributed by atoms with Gasteiger partial charge in [-0.15, -0.1) is 11.3 Å². The lowest BCUT2D eigenvalue weighted by molar-refractivity contribution is -0.120. The maximum absolute atomic E-state index is 12.3. The molecule has 0 aliphatic carbocycles. The highest BCUT2D eigenvalue weighted by Gasteiger charge is 2.40. The zero-order valence-electron chi connectivity index (χ0n) is 16.8. The lowest BCUT2D eigenvalue weighted by atomic mass is 9.81. The number of hydrogen-bond donors (Lipinski definition) is 2. The number of hydrogen-bond acceptors (Lipinski definition) is 6. The van der Waals surface area contributed by atoms with Crippen LogP contribution in [0, 0.1) is 11.3 Å². The zero-order chi connectivity index (χ0) is 21.2. The van der Waals surface area contributed by atoms with Crippen LogP contribution in [-0.4, -0.2) is 24.3 Å². The molecule has 1 amide bonds. The molecule has 29 heavy (non-hydrogen) atoms. The van der Waals surface area contributed by atoms with E-state index < -0.39 is 0 Å². The average Bonchev–Trinajstić information content (AvgIpc) is 2.96. The second kappa shape index (κ2) is 8.15. The van der Waals surface area contributed by atoms with Gasteiger partial charge in [-0.05, 0) is 45.7 Å². The van der Waals surface area contributed by atoms with Crippen molar-refractivity contribution in [1.82, 2.24) is 5.32 Å². The van der Waals surface area contributed by atoms with E-state index in [1.807, 2.05) is 12.1 Å². The van der Waals surface area contributed by atoms with Crippen molar-refractivity contribution >= 4 is 40.1 Å². The molecule has 0 atom stereocenters. The van der Waals surface area contributed by atoms with Crippen LogP contribution in [0.1, 0.15) is 49.3 Å². The standard InChI is InChI=1S/C21H23ClN4O2S/c1-20(2)9-14-15(10-23)19(29-18(14)21(3,4)26-20)25-17(27)12-28-24-11-13-7-5-6-8-16(13)22/h5-8,11,26H,9,12H2,1-4H3,(H,25,27)/b24-11+. The van der Waals surface area contributed by atoms with Crippen molar-refractivity contribution in [2.45, 2.75) is 45.2 Å². The van der Waals surface area contributed by atoms with Gasteiger partial charge in [0.1, 0.15) is 11.1 Å². The number of rotatable bonds is 5. The molecule has 1 aliphatic heterocycles. The average molecular weight is 431 g/mol. The van der Waals surface area contributed by atoms with Crippen LogP contribution in [-0.2, 0) is 21.6 Å². The van der Waals surface area contributed by atoms with Crippen LogP contribution in [0.3, 0.4) is 0 Å². The fourth-order valence-corrected chi connectivity index (χ4v) is 5.09. The van der Waals surface area contributed by atoms with Gasteiger partial charge in [0.15, 0.2) is 6.61 Å². The molecular formula is C21H23ClN4O2S. The van der Waals surface area contributed by atoms with Gasteiger partial charge in [0.25, 0.3) is 5.91 Å². The van der Waals surface area contributed by atoms with Gasteiger partial charge < -0.3 is 15.5 Å². The summed E-state index contributed by atoms with van der Waals surface area (Å²) in [4.78, 5) is 18.5. The minimum absolute atomic E-state index is 0.138. The molecule has 1 aliphatic rings. The molecule has 0 bridgehead atoms. The molecule has 2 aromatic rings. The molecule has 1 aromatic heterocycles. The van der Waals surface area contributed by atoms with E-state index in [9.17, 15) is 10.1 Å². The maximum atomic E-state index is 12.3. The molecular weight excluding hydrogens is 408 g/mol. The summed E-state index contributed by atoms with van der Waals surface area (Å²) in [7, 11) is 0. The van der Waals surface area contributed by atoms with Gasteiger partial charge in [-0.1, -0.05) is 35.0 Å². The molecule has 1 aromatic carbocycles. The van der Waals surface area contributed by atoms with E-state index in [2.05, 4.69) is 49.6 Å². The van der Waals surface area contributed by atoms with E-state index in [0.29, 0.717) is 21.2 Å². The van der Waals surface area contributed by atoms with Crippen LogP contribution in [0.2, 0.25) is 5.02 Å². The molecule has 0 radical (unpaired) electrons. The topological polar surface area (TPSA) is 86.5 Å². The molecule has 0 spiro atoms. The summed E-state index contributed by atoms with van der Waals surface area (Å²) in [6.45, 7) is 8.13. The van der Waals surface area contributed by atoms with Crippen LogP contribution >= 0.6 is 22.9 Å². The number of halogens is 1. The number of carbonyl (C=O) groups is 1. The number of fused-ring (bicyclic) bond motifs is 1. The Morgan fingerprint density at radius 2 is 2.14 bits per heavy atom. The Morgan fingerprint density at radius 3 is 2.83 bits per heavy atom. The minimum atomic E-state index is -0.374. The van der Waals surface area contributed by atoms with Crippen LogP contribution < -0.4 is 10.6 Å². The van der Waals surface area contributed by atoms with Gasteiger partial charge in [0, 0.05) is 26.5 Å². The first kappa shape index (κ1) is 21.3. The largest absolute Gasteiger partial charge is 0.386 e. The van der Waals surface area contributed by atoms with E-state index in [1.165, 1.54) is 17.6 Å². The number of benzene rings is 1. The van der Waals surface area contributed by atoms with E-state index in [1.54, 1.807) is 12.1 Å². The Bertz CT molecular complexity index is 1000. The van der Waals surface area contributed by atoms with Gasteiger partial charge in [0.2, 0.25) is 0 Å². The van der Waals surface area contributed by atoms with E-state index >= 15 is 0 Å². The predicted octanol–water partition coefficient (Wildman–Crippen LogP) is 4.42. The summed E-state index contributed by atoms with van der Waals surface area (Å²) in [6.07, 6.45) is 2.18. The lowest BCUT2D eigenvalue weighted by Gasteiger charge is -2.42. The molecule has 0 saturated carbocycles. The Kier molecular flexibility index (Phi) is 5.99. The third-order valence-corrected chi connectivity index (χ3v) is 6.39.